The lowest BCUT2D eigenvalue weighted by Crippen LogP contribution is -2.51. The minimum Gasteiger partial charge on any atom is -0.395 e. The predicted molar refractivity (Wildman–Crippen MR) is 55.4 cm³/mol. The van der Waals surface area contributed by atoms with Crippen molar-refractivity contribution in [3.63, 3.8) is 0 Å². The van der Waals surface area contributed by atoms with E-state index in [2.05, 4.69) is 9.73 Å². The molecule has 0 bridgehead atoms. The van der Waals surface area contributed by atoms with Crippen molar-refractivity contribution in [3.8, 4) is 0 Å². The van der Waals surface area contributed by atoms with E-state index in [-0.39, 0.29) is 5.76 Å². The maximum atomic E-state index is 11.6. The Morgan fingerprint density at radius 3 is 2.53 bits per heavy atom. The summed E-state index contributed by atoms with van der Waals surface area (Å²) in [6.07, 6.45) is 0. The fourth-order valence-electron chi connectivity index (χ4n) is 1.01. The fourth-order valence-corrected chi connectivity index (χ4v) is 1.01. The largest absolute Gasteiger partial charge is 0.433 e. The maximum Gasteiger partial charge on any atom is 0.433 e. The summed E-state index contributed by atoms with van der Waals surface area (Å²) in [6, 6.07) is 2.19. The van der Waals surface area contributed by atoms with E-state index in [0.29, 0.717) is 0 Å². The van der Waals surface area contributed by atoms with E-state index in [4.69, 9.17) is 10.2 Å². The molecule has 0 radical (unpaired) electrons. The highest BCUT2D eigenvalue weighted by molar-refractivity contribution is 5.92. The lowest BCUT2D eigenvalue weighted by molar-refractivity contribution is -0.402. The quantitative estimate of drug-likeness (QED) is 0.480. The molecule has 1 aromatic heterocycles. The van der Waals surface area contributed by atoms with Crippen LogP contribution in [0.15, 0.2) is 16.5 Å². The number of furan rings is 1. The Kier molecular flexibility index (Phi) is 3.81. The van der Waals surface area contributed by atoms with E-state index in [1.54, 1.807) is 0 Å². The molecule has 8 heteroatoms. The molecule has 17 heavy (non-hydrogen) atoms. The van der Waals surface area contributed by atoms with Gasteiger partial charge in [-0.3, -0.25) is 14.9 Å². The van der Waals surface area contributed by atoms with E-state index in [0.717, 1.165) is 12.1 Å². The summed E-state index contributed by atoms with van der Waals surface area (Å²) in [6.45, 7) is 0.471. The molecule has 0 unspecified atom stereocenters. The molecule has 94 valence electrons. The van der Waals surface area contributed by atoms with Crippen molar-refractivity contribution in [1.29, 1.82) is 0 Å². The van der Waals surface area contributed by atoms with Crippen LogP contribution in [0.1, 0.15) is 17.5 Å². The molecule has 0 aromatic carbocycles. The predicted octanol–water partition coefficient (Wildman–Crippen LogP) is -0.339. The third-order valence-electron chi connectivity index (χ3n) is 2.11. The summed E-state index contributed by atoms with van der Waals surface area (Å²) >= 11 is 0. The van der Waals surface area contributed by atoms with Crippen LogP contribution in [0, 0.1) is 10.1 Å². The molecule has 1 heterocycles. The molecular weight excluding hydrogens is 232 g/mol. The zero-order chi connectivity index (χ0) is 13.1. The molecule has 1 amide bonds. The lowest BCUT2D eigenvalue weighted by Gasteiger charge is -2.25. The van der Waals surface area contributed by atoms with Crippen molar-refractivity contribution in [2.75, 3.05) is 13.2 Å². The Bertz CT molecular complexity index is 423. The van der Waals surface area contributed by atoms with Gasteiger partial charge in [0, 0.05) is 0 Å². The number of nitro groups is 1. The molecule has 1 rings (SSSR count). The second kappa shape index (κ2) is 4.93. The first kappa shape index (κ1) is 13.1. The van der Waals surface area contributed by atoms with Gasteiger partial charge in [0.2, 0.25) is 0 Å². The average Bonchev–Trinajstić information content (AvgIpc) is 2.78. The highest BCUT2D eigenvalue weighted by Crippen LogP contribution is 2.16. The van der Waals surface area contributed by atoms with Gasteiger partial charge >= 0.3 is 5.88 Å². The van der Waals surface area contributed by atoms with Gasteiger partial charge in [-0.15, -0.1) is 0 Å². The highest BCUT2D eigenvalue weighted by Gasteiger charge is 2.27. The number of carbonyl (C=O) groups is 1. The van der Waals surface area contributed by atoms with Crippen LogP contribution in [-0.2, 0) is 0 Å². The molecule has 0 atom stereocenters. The summed E-state index contributed by atoms with van der Waals surface area (Å²) in [5, 5.41) is 30.6. The molecule has 0 spiro atoms. The van der Waals surface area contributed by atoms with Crippen molar-refractivity contribution in [2.45, 2.75) is 12.5 Å². The van der Waals surface area contributed by atoms with E-state index >= 15 is 0 Å². The summed E-state index contributed by atoms with van der Waals surface area (Å²) in [7, 11) is 0. The van der Waals surface area contributed by atoms with E-state index < -0.39 is 35.5 Å². The lowest BCUT2D eigenvalue weighted by atomic mass is 10.1. The molecule has 0 aliphatic rings. The monoisotopic (exact) mass is 244 g/mol. The zero-order valence-electron chi connectivity index (χ0n) is 9.04. The van der Waals surface area contributed by atoms with Crippen molar-refractivity contribution in [3.05, 3.63) is 28.0 Å². The topological polar surface area (TPSA) is 126 Å². The molecule has 0 fully saturated rings. The number of nitrogens with zero attached hydrogens (tertiary/aromatic N) is 1. The normalized spacial score (nSPS) is 11.2. The standard InChI is InChI=1S/C9H12N2O6/c1-9(4-12,5-13)10-8(14)6-2-3-7(17-6)11(15)16/h2-3,12-13H,4-5H2,1H3,(H,10,14). The molecule has 0 saturated heterocycles. The van der Waals surface area contributed by atoms with Gasteiger partial charge < -0.3 is 19.9 Å². The number of carbonyl (C=O) groups excluding carboxylic acids is 1. The van der Waals surface area contributed by atoms with E-state index in [1.807, 2.05) is 0 Å². The molecule has 8 nitrogen and oxygen atoms in total. The Labute approximate surface area is 96.0 Å². The van der Waals surface area contributed by atoms with Crippen LogP contribution in [-0.4, -0.2) is 39.8 Å². The van der Waals surface area contributed by atoms with Gasteiger partial charge in [0.25, 0.3) is 5.91 Å². The van der Waals surface area contributed by atoms with Gasteiger partial charge in [0.1, 0.15) is 4.92 Å². The van der Waals surface area contributed by atoms with Crippen molar-refractivity contribution in [1.82, 2.24) is 5.32 Å². The number of amides is 1. The van der Waals surface area contributed by atoms with Crippen molar-refractivity contribution < 1.29 is 24.3 Å². The Balaban J connectivity index is 2.79. The van der Waals surface area contributed by atoms with Crippen LogP contribution in [0.3, 0.4) is 0 Å². The first-order valence-corrected chi connectivity index (χ1v) is 4.70. The van der Waals surface area contributed by atoms with Crippen molar-refractivity contribution >= 4 is 11.8 Å². The Morgan fingerprint density at radius 2 is 2.12 bits per heavy atom. The summed E-state index contributed by atoms with van der Waals surface area (Å²) in [5.41, 5.74) is -1.21. The average molecular weight is 244 g/mol. The van der Waals surface area contributed by atoms with Crippen LogP contribution in [0.5, 0.6) is 0 Å². The molecule has 0 aliphatic heterocycles. The summed E-state index contributed by atoms with van der Waals surface area (Å²) < 4.78 is 4.67. The van der Waals surface area contributed by atoms with Crippen molar-refractivity contribution in [2.24, 2.45) is 0 Å². The van der Waals surface area contributed by atoms with Crippen LogP contribution < -0.4 is 5.32 Å². The fraction of sp³-hybridized carbons (Fsp3) is 0.444. The number of aliphatic hydroxyl groups excluding tert-OH is 2. The van der Waals surface area contributed by atoms with Crippen LogP contribution in [0.4, 0.5) is 5.88 Å². The van der Waals surface area contributed by atoms with Crippen LogP contribution >= 0.6 is 0 Å². The van der Waals surface area contributed by atoms with Gasteiger partial charge in [-0.05, 0) is 13.0 Å². The van der Waals surface area contributed by atoms with E-state index in [9.17, 15) is 14.9 Å². The minimum atomic E-state index is -1.21. The Morgan fingerprint density at radius 1 is 1.53 bits per heavy atom. The SMILES string of the molecule is CC(CO)(CO)NC(=O)c1ccc([N+](=O)[O-])o1. The van der Waals surface area contributed by atoms with Gasteiger partial charge in [-0.1, -0.05) is 0 Å². The molecule has 0 saturated carbocycles. The molecule has 1 aromatic rings. The van der Waals surface area contributed by atoms with Crippen LogP contribution in [0.25, 0.3) is 0 Å². The number of hydrogen-bond acceptors (Lipinski definition) is 6. The first-order chi connectivity index (χ1) is 7.91. The third kappa shape index (κ3) is 3.02. The molecule has 3 N–H and O–H groups in total. The number of rotatable bonds is 5. The smallest absolute Gasteiger partial charge is 0.395 e. The van der Waals surface area contributed by atoms with Gasteiger partial charge in [0.05, 0.1) is 24.8 Å². The molecular formula is C9H12N2O6. The first-order valence-electron chi connectivity index (χ1n) is 4.70. The second-order valence-corrected chi connectivity index (χ2v) is 3.73. The third-order valence-corrected chi connectivity index (χ3v) is 2.11. The van der Waals surface area contributed by atoms with Gasteiger partial charge in [-0.2, -0.15) is 0 Å². The summed E-state index contributed by atoms with van der Waals surface area (Å²) in [5.74, 6) is -1.56. The number of nitrogens with one attached hydrogen (secondary N) is 1. The van der Waals surface area contributed by atoms with Crippen LogP contribution in [0.2, 0.25) is 0 Å². The number of hydrogen-bond donors (Lipinski definition) is 3. The minimum absolute atomic E-state index is 0.259. The summed E-state index contributed by atoms with van der Waals surface area (Å²) in [4.78, 5) is 21.1. The second-order valence-electron chi connectivity index (χ2n) is 3.73. The Hall–Kier alpha value is -1.93. The number of aliphatic hydroxyl groups is 2. The molecule has 0 aliphatic carbocycles. The van der Waals surface area contributed by atoms with Gasteiger partial charge in [0.15, 0.2) is 5.76 Å². The highest BCUT2D eigenvalue weighted by atomic mass is 16.6. The maximum absolute atomic E-state index is 11.6. The van der Waals surface area contributed by atoms with Gasteiger partial charge in [-0.25, -0.2) is 0 Å². The zero-order valence-corrected chi connectivity index (χ0v) is 9.04. The van der Waals surface area contributed by atoms with E-state index in [1.165, 1.54) is 6.92 Å².